The van der Waals surface area contributed by atoms with Gasteiger partial charge in [-0.25, -0.2) is 14.4 Å². The fourth-order valence-electron chi connectivity index (χ4n) is 1.79. The predicted molar refractivity (Wildman–Crippen MR) is 84.9 cm³/mol. The van der Waals surface area contributed by atoms with Crippen LogP contribution in [0.5, 0.6) is 0 Å². The summed E-state index contributed by atoms with van der Waals surface area (Å²) in [5, 5.41) is 6.63. The lowest BCUT2D eigenvalue weighted by atomic mass is 10.3. The van der Waals surface area contributed by atoms with Crippen LogP contribution in [-0.2, 0) is 6.42 Å². The average molecular weight is 309 g/mol. The Morgan fingerprint density at radius 3 is 2.62 bits per heavy atom. The zero-order chi connectivity index (χ0) is 15.2. The van der Waals surface area contributed by atoms with E-state index in [1.807, 2.05) is 6.92 Å². The van der Waals surface area contributed by atoms with Crippen molar-refractivity contribution in [2.45, 2.75) is 26.7 Å². The molecule has 21 heavy (non-hydrogen) atoms. The van der Waals surface area contributed by atoms with Crippen LogP contribution in [0.25, 0.3) is 0 Å². The fraction of sp³-hybridized carbons (Fsp3) is 0.333. The molecule has 0 aliphatic carbocycles. The Morgan fingerprint density at radius 1 is 1.14 bits per heavy atom. The highest BCUT2D eigenvalue weighted by Crippen LogP contribution is 2.23. The molecule has 0 saturated carbocycles. The Labute approximate surface area is 128 Å². The second kappa shape index (κ2) is 7.22. The summed E-state index contributed by atoms with van der Waals surface area (Å²) in [4.78, 5) is 8.74. The van der Waals surface area contributed by atoms with Crippen LogP contribution < -0.4 is 10.6 Å². The maximum absolute atomic E-state index is 13.8. The van der Waals surface area contributed by atoms with Gasteiger partial charge in [-0.3, -0.25) is 0 Å². The largest absolute Gasteiger partial charge is 0.370 e. The first-order valence-corrected chi connectivity index (χ1v) is 7.34. The zero-order valence-corrected chi connectivity index (χ0v) is 12.8. The van der Waals surface area contributed by atoms with E-state index in [0.717, 1.165) is 18.8 Å². The van der Waals surface area contributed by atoms with Crippen LogP contribution in [0, 0.1) is 5.82 Å². The van der Waals surface area contributed by atoms with Gasteiger partial charge in [-0.2, -0.15) is 0 Å². The summed E-state index contributed by atoms with van der Waals surface area (Å²) in [6.07, 6.45) is 1.70. The molecule has 0 atom stereocenters. The highest BCUT2D eigenvalue weighted by molar-refractivity contribution is 6.30. The van der Waals surface area contributed by atoms with Gasteiger partial charge >= 0.3 is 0 Å². The second-order valence-corrected chi connectivity index (χ2v) is 5.02. The predicted octanol–water partition coefficient (Wildman–Crippen LogP) is 4.40. The van der Waals surface area contributed by atoms with E-state index in [-0.39, 0.29) is 5.82 Å². The quantitative estimate of drug-likeness (QED) is 0.830. The van der Waals surface area contributed by atoms with Gasteiger partial charge in [0.2, 0.25) is 0 Å². The lowest BCUT2D eigenvalue weighted by molar-refractivity contribution is 0.632. The van der Waals surface area contributed by atoms with Gasteiger partial charge in [0.1, 0.15) is 23.3 Å². The number of hydrogen-bond donors (Lipinski definition) is 2. The summed E-state index contributed by atoms with van der Waals surface area (Å²) in [7, 11) is 0. The summed E-state index contributed by atoms with van der Waals surface area (Å²) >= 11 is 5.89. The van der Waals surface area contributed by atoms with Gasteiger partial charge in [-0.15, -0.1) is 0 Å². The van der Waals surface area contributed by atoms with E-state index >= 15 is 0 Å². The summed E-state index contributed by atoms with van der Waals surface area (Å²) < 4.78 is 13.8. The third-order valence-electron chi connectivity index (χ3n) is 2.84. The molecule has 0 fully saturated rings. The molecule has 1 aromatic heterocycles. The van der Waals surface area contributed by atoms with E-state index in [1.165, 1.54) is 18.2 Å². The van der Waals surface area contributed by atoms with Gasteiger partial charge in [-0.05, 0) is 24.6 Å². The number of rotatable bonds is 6. The first-order valence-electron chi connectivity index (χ1n) is 6.96. The van der Waals surface area contributed by atoms with Gasteiger partial charge in [0.25, 0.3) is 0 Å². The molecule has 0 spiro atoms. The van der Waals surface area contributed by atoms with Crippen molar-refractivity contribution in [3.63, 3.8) is 0 Å². The molecular formula is C15H18ClFN4. The minimum absolute atomic E-state index is 0.296. The van der Waals surface area contributed by atoms with Crippen molar-refractivity contribution in [2.24, 2.45) is 0 Å². The summed E-state index contributed by atoms with van der Waals surface area (Å²) in [5.41, 5.74) is 0.296. The molecule has 0 unspecified atom stereocenters. The van der Waals surface area contributed by atoms with Gasteiger partial charge in [0, 0.05) is 24.1 Å². The van der Waals surface area contributed by atoms with Gasteiger partial charge < -0.3 is 10.6 Å². The van der Waals surface area contributed by atoms with Gasteiger partial charge in [0.05, 0.1) is 5.69 Å². The molecule has 0 amide bonds. The van der Waals surface area contributed by atoms with Crippen molar-refractivity contribution < 1.29 is 4.39 Å². The lowest BCUT2D eigenvalue weighted by Crippen LogP contribution is -2.07. The maximum Gasteiger partial charge on any atom is 0.146 e. The molecule has 0 aliphatic heterocycles. The number of aromatic nitrogens is 2. The molecule has 1 aromatic carbocycles. The van der Waals surface area contributed by atoms with E-state index < -0.39 is 0 Å². The normalized spacial score (nSPS) is 10.5. The van der Waals surface area contributed by atoms with Crippen LogP contribution in [0.1, 0.15) is 26.1 Å². The molecule has 0 bridgehead atoms. The minimum atomic E-state index is -0.376. The second-order valence-electron chi connectivity index (χ2n) is 4.58. The van der Waals surface area contributed by atoms with Crippen LogP contribution in [0.3, 0.4) is 0 Å². The first-order chi connectivity index (χ1) is 10.1. The zero-order valence-electron chi connectivity index (χ0n) is 12.1. The van der Waals surface area contributed by atoms with Crippen LogP contribution in [-0.4, -0.2) is 16.5 Å². The highest BCUT2D eigenvalue weighted by atomic mass is 35.5. The Hall–Kier alpha value is -1.88. The number of nitrogens with zero attached hydrogens (tertiary/aromatic N) is 2. The summed E-state index contributed by atoms with van der Waals surface area (Å²) in [5.74, 6) is 1.59. The van der Waals surface area contributed by atoms with Crippen molar-refractivity contribution in [3.05, 3.63) is 40.9 Å². The average Bonchev–Trinajstić information content (AvgIpc) is 2.48. The monoisotopic (exact) mass is 308 g/mol. The van der Waals surface area contributed by atoms with E-state index in [2.05, 4.69) is 27.5 Å². The van der Waals surface area contributed by atoms with Crippen molar-refractivity contribution >= 4 is 28.9 Å². The molecule has 0 aliphatic rings. The van der Waals surface area contributed by atoms with Gasteiger partial charge in [0.15, 0.2) is 0 Å². The molecule has 6 heteroatoms. The molecule has 2 rings (SSSR count). The Kier molecular flexibility index (Phi) is 5.33. The van der Waals surface area contributed by atoms with Crippen molar-refractivity contribution in [1.29, 1.82) is 0 Å². The number of anilines is 3. The first kappa shape index (κ1) is 15.5. The third-order valence-corrected chi connectivity index (χ3v) is 3.07. The van der Waals surface area contributed by atoms with E-state index in [9.17, 15) is 4.39 Å². The topological polar surface area (TPSA) is 49.8 Å². The number of hydrogen-bond acceptors (Lipinski definition) is 4. The van der Waals surface area contributed by atoms with Crippen LogP contribution >= 0.6 is 11.6 Å². The maximum atomic E-state index is 13.8. The molecule has 2 N–H and O–H groups in total. The Morgan fingerprint density at radius 2 is 1.90 bits per heavy atom. The molecule has 0 saturated heterocycles. The van der Waals surface area contributed by atoms with Crippen molar-refractivity contribution in [3.8, 4) is 0 Å². The number of nitrogens with one attached hydrogen (secondary N) is 2. The van der Waals surface area contributed by atoms with E-state index in [0.29, 0.717) is 28.8 Å². The summed E-state index contributed by atoms with van der Waals surface area (Å²) in [6, 6.07) is 6.12. The van der Waals surface area contributed by atoms with Crippen LogP contribution in [0.4, 0.5) is 21.7 Å². The van der Waals surface area contributed by atoms with Crippen LogP contribution in [0.2, 0.25) is 5.02 Å². The lowest BCUT2D eigenvalue weighted by Gasteiger charge is -2.11. The molecule has 2 aromatic rings. The number of aryl methyl sites for hydroxylation is 1. The van der Waals surface area contributed by atoms with Crippen molar-refractivity contribution in [1.82, 2.24) is 9.97 Å². The number of benzene rings is 1. The minimum Gasteiger partial charge on any atom is -0.370 e. The fourth-order valence-corrected chi connectivity index (χ4v) is 1.97. The highest BCUT2D eigenvalue weighted by Gasteiger charge is 2.07. The smallest absolute Gasteiger partial charge is 0.146 e. The SMILES string of the molecule is CCCNc1cc(Nc2cc(Cl)ccc2F)nc(CC)n1. The summed E-state index contributed by atoms with van der Waals surface area (Å²) in [6.45, 7) is 4.88. The van der Waals surface area contributed by atoms with E-state index in [4.69, 9.17) is 11.6 Å². The molecule has 112 valence electrons. The molecule has 4 nitrogen and oxygen atoms in total. The Balaban J connectivity index is 2.27. The van der Waals surface area contributed by atoms with Gasteiger partial charge in [-0.1, -0.05) is 25.4 Å². The van der Waals surface area contributed by atoms with E-state index in [1.54, 1.807) is 6.07 Å². The molecular weight excluding hydrogens is 291 g/mol. The van der Waals surface area contributed by atoms with Crippen LogP contribution in [0.15, 0.2) is 24.3 Å². The molecule has 1 heterocycles. The standard InChI is InChI=1S/C15H18ClFN4/c1-3-7-18-14-9-15(21-13(4-2)20-14)19-12-8-10(16)5-6-11(12)17/h5-6,8-9H,3-4,7H2,1-2H3,(H2,18,19,20,21). The third kappa shape index (κ3) is 4.29. The van der Waals surface area contributed by atoms with Crippen molar-refractivity contribution in [2.75, 3.05) is 17.2 Å². The Bertz CT molecular complexity index is 619. The molecule has 0 radical (unpaired) electrons. The number of halogens is 2.